The highest BCUT2D eigenvalue weighted by atomic mass is 16.5. The maximum Gasteiger partial charge on any atom is 0.162 e. The van der Waals surface area contributed by atoms with Crippen molar-refractivity contribution >= 4 is 22.3 Å². The summed E-state index contributed by atoms with van der Waals surface area (Å²) in [6, 6.07) is 13.5. The highest BCUT2D eigenvalue weighted by molar-refractivity contribution is 5.93. The predicted octanol–water partition coefficient (Wildman–Crippen LogP) is 4.00. The van der Waals surface area contributed by atoms with Crippen molar-refractivity contribution in [3.8, 4) is 17.2 Å². The fourth-order valence-corrected chi connectivity index (χ4v) is 2.43. The van der Waals surface area contributed by atoms with Gasteiger partial charge in [0.1, 0.15) is 5.75 Å². The molecule has 2 aromatic carbocycles. The lowest BCUT2D eigenvalue weighted by Crippen LogP contribution is -1.95. The number of fused-ring (bicyclic) bond motifs is 1. The second kappa shape index (κ2) is 6.44. The van der Waals surface area contributed by atoms with Gasteiger partial charge in [0.25, 0.3) is 0 Å². The third kappa shape index (κ3) is 2.99. The Hall–Kier alpha value is -2.95. The van der Waals surface area contributed by atoms with Gasteiger partial charge in [-0.3, -0.25) is 4.98 Å². The number of pyridine rings is 1. The largest absolute Gasteiger partial charge is 0.497 e. The Balaban J connectivity index is 1.98. The number of aromatic nitrogens is 1. The van der Waals surface area contributed by atoms with Crippen LogP contribution in [0.4, 0.5) is 11.4 Å². The molecule has 3 aromatic rings. The monoisotopic (exact) mass is 310 g/mol. The molecule has 0 saturated heterocycles. The van der Waals surface area contributed by atoms with Gasteiger partial charge in [0.15, 0.2) is 11.5 Å². The zero-order valence-electron chi connectivity index (χ0n) is 13.3. The zero-order chi connectivity index (χ0) is 16.2. The van der Waals surface area contributed by atoms with Crippen LogP contribution >= 0.6 is 0 Å². The Morgan fingerprint density at radius 1 is 0.826 bits per heavy atom. The van der Waals surface area contributed by atoms with Gasteiger partial charge in [0.05, 0.1) is 26.8 Å². The average molecular weight is 310 g/mol. The van der Waals surface area contributed by atoms with Crippen LogP contribution in [0.5, 0.6) is 17.2 Å². The summed E-state index contributed by atoms with van der Waals surface area (Å²) in [5, 5.41) is 4.41. The average Bonchev–Trinajstić information content (AvgIpc) is 2.61. The van der Waals surface area contributed by atoms with Gasteiger partial charge in [-0.2, -0.15) is 0 Å². The van der Waals surface area contributed by atoms with Crippen molar-refractivity contribution in [2.24, 2.45) is 0 Å². The quantitative estimate of drug-likeness (QED) is 0.772. The molecule has 0 bridgehead atoms. The fraction of sp³-hybridized carbons (Fsp3) is 0.167. The highest BCUT2D eigenvalue weighted by Gasteiger charge is 2.07. The van der Waals surface area contributed by atoms with Crippen molar-refractivity contribution in [1.29, 1.82) is 0 Å². The van der Waals surface area contributed by atoms with Gasteiger partial charge in [-0.05, 0) is 30.3 Å². The van der Waals surface area contributed by atoms with Crippen LogP contribution in [0.2, 0.25) is 0 Å². The lowest BCUT2D eigenvalue weighted by molar-refractivity contribution is 0.355. The van der Waals surface area contributed by atoms with E-state index in [0.29, 0.717) is 11.5 Å². The van der Waals surface area contributed by atoms with Crippen LogP contribution in [-0.2, 0) is 0 Å². The summed E-state index contributed by atoms with van der Waals surface area (Å²) in [6.45, 7) is 0. The number of nitrogens with zero attached hydrogens (tertiary/aromatic N) is 1. The minimum Gasteiger partial charge on any atom is -0.497 e. The number of rotatable bonds is 5. The summed E-state index contributed by atoms with van der Waals surface area (Å²) >= 11 is 0. The van der Waals surface area contributed by atoms with Gasteiger partial charge >= 0.3 is 0 Å². The molecule has 23 heavy (non-hydrogen) atoms. The smallest absolute Gasteiger partial charge is 0.162 e. The van der Waals surface area contributed by atoms with Gasteiger partial charge in [0.2, 0.25) is 0 Å². The maximum atomic E-state index is 5.34. The van der Waals surface area contributed by atoms with E-state index in [1.807, 2.05) is 42.5 Å². The molecule has 0 unspecified atom stereocenters. The van der Waals surface area contributed by atoms with Crippen LogP contribution in [-0.4, -0.2) is 26.3 Å². The van der Waals surface area contributed by atoms with E-state index in [4.69, 9.17) is 14.2 Å². The van der Waals surface area contributed by atoms with E-state index in [1.54, 1.807) is 27.5 Å². The van der Waals surface area contributed by atoms with Crippen molar-refractivity contribution in [2.45, 2.75) is 0 Å². The van der Waals surface area contributed by atoms with Crippen LogP contribution in [0.25, 0.3) is 10.9 Å². The second-order valence-corrected chi connectivity index (χ2v) is 4.94. The number of methoxy groups -OCH3 is 3. The predicted molar refractivity (Wildman–Crippen MR) is 91.1 cm³/mol. The molecule has 5 nitrogen and oxygen atoms in total. The van der Waals surface area contributed by atoms with Crippen LogP contribution < -0.4 is 19.5 Å². The van der Waals surface area contributed by atoms with Crippen molar-refractivity contribution in [3.63, 3.8) is 0 Å². The molecule has 0 amide bonds. The molecule has 0 spiro atoms. The molecule has 1 aromatic heterocycles. The lowest BCUT2D eigenvalue weighted by Gasteiger charge is -2.13. The first kappa shape index (κ1) is 15.0. The number of hydrogen-bond acceptors (Lipinski definition) is 5. The highest BCUT2D eigenvalue weighted by Crippen LogP contribution is 2.33. The van der Waals surface area contributed by atoms with Gasteiger partial charge in [-0.15, -0.1) is 0 Å². The van der Waals surface area contributed by atoms with E-state index in [-0.39, 0.29) is 0 Å². The zero-order valence-corrected chi connectivity index (χ0v) is 13.3. The van der Waals surface area contributed by atoms with Crippen LogP contribution in [0.3, 0.4) is 0 Å². The molecule has 5 heteroatoms. The van der Waals surface area contributed by atoms with E-state index in [2.05, 4.69) is 10.3 Å². The summed E-state index contributed by atoms with van der Waals surface area (Å²) in [5.74, 6) is 2.16. The number of nitrogens with one attached hydrogen (secondary N) is 1. The first-order valence-electron chi connectivity index (χ1n) is 7.17. The molecule has 1 N–H and O–H groups in total. The second-order valence-electron chi connectivity index (χ2n) is 4.94. The van der Waals surface area contributed by atoms with E-state index in [9.17, 15) is 0 Å². The van der Waals surface area contributed by atoms with Crippen molar-refractivity contribution in [2.75, 3.05) is 26.6 Å². The standard InChI is InChI=1S/C18H18N2O3/c1-21-13-5-6-14-15(8-9-19-16(14)11-13)20-12-4-7-17(22-2)18(10-12)23-3/h4-11H,1-3H3,(H,19,20). The van der Waals surface area contributed by atoms with Crippen molar-refractivity contribution in [3.05, 3.63) is 48.7 Å². The summed E-state index contributed by atoms with van der Waals surface area (Å²) in [7, 11) is 4.89. The molecular weight excluding hydrogens is 292 g/mol. The third-order valence-electron chi connectivity index (χ3n) is 3.61. The molecule has 118 valence electrons. The number of benzene rings is 2. The third-order valence-corrected chi connectivity index (χ3v) is 3.61. The number of anilines is 2. The van der Waals surface area contributed by atoms with Crippen LogP contribution in [0, 0.1) is 0 Å². The minimum absolute atomic E-state index is 0.678. The van der Waals surface area contributed by atoms with E-state index in [1.165, 1.54) is 0 Å². The normalized spacial score (nSPS) is 10.4. The first-order chi connectivity index (χ1) is 11.2. The molecular formula is C18H18N2O3. The maximum absolute atomic E-state index is 5.34. The van der Waals surface area contributed by atoms with Gasteiger partial charge in [0, 0.05) is 35.1 Å². The van der Waals surface area contributed by atoms with Gasteiger partial charge in [-0.1, -0.05) is 0 Å². The number of hydrogen-bond donors (Lipinski definition) is 1. The Kier molecular flexibility index (Phi) is 4.19. The first-order valence-corrected chi connectivity index (χ1v) is 7.17. The molecule has 0 fully saturated rings. The van der Waals surface area contributed by atoms with E-state index in [0.717, 1.165) is 28.0 Å². The summed E-state index contributed by atoms with van der Waals surface area (Å²) < 4.78 is 15.8. The summed E-state index contributed by atoms with van der Waals surface area (Å²) in [4.78, 5) is 4.39. The SMILES string of the molecule is COc1ccc2c(Nc3ccc(OC)c(OC)c3)ccnc2c1. The number of ether oxygens (including phenoxy) is 3. The van der Waals surface area contributed by atoms with E-state index >= 15 is 0 Å². The minimum atomic E-state index is 0.678. The molecule has 0 aliphatic carbocycles. The fourth-order valence-electron chi connectivity index (χ4n) is 2.43. The van der Waals surface area contributed by atoms with Gasteiger partial charge in [-0.25, -0.2) is 0 Å². The molecule has 0 aliphatic rings. The van der Waals surface area contributed by atoms with Crippen LogP contribution in [0.15, 0.2) is 48.7 Å². The molecule has 1 heterocycles. The topological polar surface area (TPSA) is 52.6 Å². The Morgan fingerprint density at radius 2 is 1.65 bits per heavy atom. The lowest BCUT2D eigenvalue weighted by atomic mass is 10.1. The van der Waals surface area contributed by atoms with E-state index < -0.39 is 0 Å². The molecule has 0 radical (unpaired) electrons. The van der Waals surface area contributed by atoms with Crippen molar-refractivity contribution < 1.29 is 14.2 Å². The Bertz CT molecular complexity index is 834. The molecule has 0 atom stereocenters. The Labute approximate surface area is 134 Å². The summed E-state index contributed by atoms with van der Waals surface area (Å²) in [5.41, 5.74) is 2.74. The van der Waals surface area contributed by atoms with Crippen LogP contribution in [0.1, 0.15) is 0 Å². The molecule has 3 rings (SSSR count). The van der Waals surface area contributed by atoms with Gasteiger partial charge < -0.3 is 19.5 Å². The molecule has 0 saturated carbocycles. The molecule has 0 aliphatic heterocycles. The van der Waals surface area contributed by atoms with Crippen molar-refractivity contribution in [1.82, 2.24) is 4.98 Å². The summed E-state index contributed by atoms with van der Waals surface area (Å²) in [6.07, 6.45) is 1.77. The Morgan fingerprint density at radius 3 is 2.39 bits per heavy atom.